The summed E-state index contributed by atoms with van der Waals surface area (Å²) in [7, 11) is 0. The lowest BCUT2D eigenvalue weighted by Gasteiger charge is -2.13. The summed E-state index contributed by atoms with van der Waals surface area (Å²) in [6.45, 7) is 0. The van der Waals surface area contributed by atoms with Crippen molar-refractivity contribution >= 4 is 43.1 Å². The van der Waals surface area contributed by atoms with Gasteiger partial charge in [-0.05, 0) is 118 Å². The zero-order chi connectivity index (χ0) is 34.4. The van der Waals surface area contributed by atoms with Gasteiger partial charge in [-0.15, -0.1) is 0 Å². The average molecular weight is 661 g/mol. The van der Waals surface area contributed by atoms with Gasteiger partial charge in [-0.2, -0.15) is 0 Å². The minimum Gasteiger partial charge on any atom is -0.236 e. The number of fused-ring (bicyclic) bond motifs is 5. The molecule has 1 heterocycles. The Morgan fingerprint density at radius 1 is 0.250 bits per heavy atom. The van der Waals surface area contributed by atoms with Crippen LogP contribution in [0.1, 0.15) is 0 Å². The molecule has 0 spiro atoms. The fourth-order valence-electron chi connectivity index (χ4n) is 7.58. The summed E-state index contributed by atoms with van der Waals surface area (Å²) in [5.41, 5.74) is 10.1. The maximum absolute atomic E-state index is 4.89. The summed E-state index contributed by atoms with van der Waals surface area (Å²) in [6.07, 6.45) is 3.91. The third-order valence-corrected chi connectivity index (χ3v) is 10.3. The lowest BCUT2D eigenvalue weighted by Crippen LogP contribution is -1.92. The third-order valence-electron chi connectivity index (χ3n) is 10.3. The maximum atomic E-state index is 4.89. The molecule has 10 rings (SSSR count). The molecule has 0 amide bonds. The molecule has 10 aromatic rings. The molecule has 0 saturated carbocycles. The molecule has 0 aliphatic carbocycles. The standard InChI is InChI=1S/C50H32N2/c1-3-11-37-25-39(23-17-33(37)9-1)42-27-43(40-24-18-34-10-2-4-12-38(34)26-40)29-44(28-42)45-31-51-50(52-32-45)36-21-19-35(20-22-36)49-30-41-13-5-6-14-46(41)47-15-7-8-16-48(47)49/h1-32H. The van der Waals surface area contributed by atoms with E-state index in [1.165, 1.54) is 65.3 Å². The van der Waals surface area contributed by atoms with E-state index in [4.69, 9.17) is 9.97 Å². The number of benzene rings is 9. The number of hydrogen-bond donors (Lipinski definition) is 0. The van der Waals surface area contributed by atoms with Gasteiger partial charge in [0, 0.05) is 23.5 Å². The van der Waals surface area contributed by atoms with Crippen molar-refractivity contribution in [2.24, 2.45) is 0 Å². The highest BCUT2D eigenvalue weighted by Gasteiger charge is 2.12. The van der Waals surface area contributed by atoms with E-state index in [9.17, 15) is 0 Å². The maximum Gasteiger partial charge on any atom is 0.159 e. The summed E-state index contributed by atoms with van der Waals surface area (Å²) in [4.78, 5) is 9.79. The monoisotopic (exact) mass is 660 g/mol. The van der Waals surface area contributed by atoms with Crippen LogP contribution >= 0.6 is 0 Å². The van der Waals surface area contributed by atoms with Gasteiger partial charge in [-0.1, -0.05) is 146 Å². The van der Waals surface area contributed by atoms with Crippen LogP contribution in [0, 0.1) is 0 Å². The van der Waals surface area contributed by atoms with Gasteiger partial charge >= 0.3 is 0 Å². The Labute approximate surface area is 302 Å². The van der Waals surface area contributed by atoms with E-state index in [0.29, 0.717) is 5.82 Å². The van der Waals surface area contributed by atoms with E-state index in [1.54, 1.807) is 0 Å². The van der Waals surface area contributed by atoms with Crippen molar-refractivity contribution in [2.45, 2.75) is 0 Å². The first kappa shape index (κ1) is 30.0. The minimum absolute atomic E-state index is 0.708. The van der Waals surface area contributed by atoms with E-state index in [0.717, 1.165) is 27.8 Å². The summed E-state index contributed by atoms with van der Waals surface area (Å²) in [6, 6.07) is 65.5. The van der Waals surface area contributed by atoms with Crippen LogP contribution in [0.25, 0.3) is 99.0 Å². The van der Waals surface area contributed by atoms with Gasteiger partial charge in [-0.25, -0.2) is 9.97 Å². The number of hydrogen-bond acceptors (Lipinski definition) is 2. The number of nitrogens with zero attached hydrogens (tertiary/aromatic N) is 2. The molecule has 242 valence electrons. The highest BCUT2D eigenvalue weighted by Crippen LogP contribution is 2.37. The van der Waals surface area contributed by atoms with Gasteiger partial charge in [0.2, 0.25) is 0 Å². The van der Waals surface area contributed by atoms with Crippen molar-refractivity contribution in [3.05, 3.63) is 194 Å². The molecule has 0 fully saturated rings. The van der Waals surface area contributed by atoms with Crippen LogP contribution in [0.2, 0.25) is 0 Å². The molecule has 0 bridgehead atoms. The molecule has 0 atom stereocenters. The summed E-state index contributed by atoms with van der Waals surface area (Å²) in [5, 5.41) is 9.97. The molecule has 0 saturated heterocycles. The molecule has 2 heteroatoms. The molecular weight excluding hydrogens is 629 g/mol. The van der Waals surface area contributed by atoms with E-state index < -0.39 is 0 Å². The van der Waals surface area contributed by atoms with E-state index in [-0.39, 0.29) is 0 Å². The Hall–Kier alpha value is -6.90. The van der Waals surface area contributed by atoms with Crippen molar-refractivity contribution in [1.82, 2.24) is 9.97 Å². The molecule has 9 aromatic carbocycles. The topological polar surface area (TPSA) is 25.8 Å². The first-order valence-electron chi connectivity index (χ1n) is 17.7. The predicted octanol–water partition coefficient (Wildman–Crippen LogP) is 13.4. The predicted molar refractivity (Wildman–Crippen MR) is 219 cm³/mol. The zero-order valence-electron chi connectivity index (χ0n) is 28.4. The van der Waals surface area contributed by atoms with Crippen LogP contribution in [0.3, 0.4) is 0 Å². The van der Waals surface area contributed by atoms with Crippen LogP contribution in [-0.2, 0) is 0 Å². The van der Waals surface area contributed by atoms with Gasteiger partial charge in [0.25, 0.3) is 0 Å². The molecule has 2 nitrogen and oxygen atoms in total. The molecule has 0 aliphatic rings. The van der Waals surface area contributed by atoms with E-state index in [2.05, 4.69) is 182 Å². The second kappa shape index (κ2) is 12.5. The third kappa shape index (κ3) is 5.39. The van der Waals surface area contributed by atoms with Crippen LogP contribution in [0.4, 0.5) is 0 Å². The molecule has 0 radical (unpaired) electrons. The van der Waals surface area contributed by atoms with Crippen LogP contribution in [0.15, 0.2) is 194 Å². The fraction of sp³-hybridized carbons (Fsp3) is 0. The average Bonchev–Trinajstić information content (AvgIpc) is 3.23. The van der Waals surface area contributed by atoms with Gasteiger partial charge in [-0.3, -0.25) is 0 Å². The Morgan fingerprint density at radius 2 is 0.692 bits per heavy atom. The number of rotatable bonds is 5. The Balaban J connectivity index is 1.02. The highest BCUT2D eigenvalue weighted by atomic mass is 14.9. The van der Waals surface area contributed by atoms with Crippen molar-refractivity contribution in [3.63, 3.8) is 0 Å². The van der Waals surface area contributed by atoms with Crippen LogP contribution in [0.5, 0.6) is 0 Å². The SMILES string of the molecule is c1ccc2cc(-c3cc(-c4cnc(-c5ccc(-c6cc7ccccc7c7ccccc67)cc5)nc4)cc(-c4ccc5ccccc5c4)c3)ccc2c1. The lowest BCUT2D eigenvalue weighted by atomic mass is 9.92. The van der Waals surface area contributed by atoms with Gasteiger partial charge < -0.3 is 0 Å². The van der Waals surface area contributed by atoms with Crippen molar-refractivity contribution in [1.29, 1.82) is 0 Å². The van der Waals surface area contributed by atoms with Gasteiger partial charge in [0.15, 0.2) is 5.82 Å². The second-order valence-corrected chi connectivity index (χ2v) is 13.5. The van der Waals surface area contributed by atoms with E-state index in [1.807, 2.05) is 12.4 Å². The quantitative estimate of drug-likeness (QED) is 0.172. The van der Waals surface area contributed by atoms with Crippen molar-refractivity contribution in [2.75, 3.05) is 0 Å². The van der Waals surface area contributed by atoms with Crippen LogP contribution in [-0.4, -0.2) is 9.97 Å². The summed E-state index contributed by atoms with van der Waals surface area (Å²) in [5.74, 6) is 0.708. The van der Waals surface area contributed by atoms with Gasteiger partial charge in [0.1, 0.15) is 0 Å². The van der Waals surface area contributed by atoms with Gasteiger partial charge in [0.05, 0.1) is 0 Å². The first-order chi connectivity index (χ1) is 25.7. The summed E-state index contributed by atoms with van der Waals surface area (Å²) < 4.78 is 0. The molecule has 0 N–H and O–H groups in total. The number of aromatic nitrogens is 2. The fourth-order valence-corrected chi connectivity index (χ4v) is 7.58. The minimum atomic E-state index is 0.708. The molecule has 1 aromatic heterocycles. The highest BCUT2D eigenvalue weighted by molar-refractivity contribution is 6.13. The molecule has 52 heavy (non-hydrogen) atoms. The van der Waals surface area contributed by atoms with Crippen LogP contribution < -0.4 is 0 Å². The molecule has 0 aliphatic heterocycles. The Bertz CT molecular complexity index is 2840. The van der Waals surface area contributed by atoms with Crippen molar-refractivity contribution < 1.29 is 0 Å². The molecule has 0 unspecified atom stereocenters. The Morgan fingerprint density at radius 3 is 1.29 bits per heavy atom. The normalized spacial score (nSPS) is 11.5. The zero-order valence-corrected chi connectivity index (χ0v) is 28.4. The largest absolute Gasteiger partial charge is 0.236 e. The molecular formula is C50H32N2. The summed E-state index contributed by atoms with van der Waals surface area (Å²) >= 11 is 0. The smallest absolute Gasteiger partial charge is 0.159 e. The second-order valence-electron chi connectivity index (χ2n) is 13.5. The lowest BCUT2D eigenvalue weighted by molar-refractivity contribution is 1.18. The van der Waals surface area contributed by atoms with Crippen molar-refractivity contribution in [3.8, 4) is 55.9 Å². The first-order valence-corrected chi connectivity index (χ1v) is 17.7. The van der Waals surface area contributed by atoms with E-state index >= 15 is 0 Å². The Kier molecular flexibility index (Phi) is 7.18.